The number of carboxylic acid groups (broad SMARTS) is 1. The van der Waals surface area contributed by atoms with Gasteiger partial charge in [0.15, 0.2) is 5.60 Å². The Morgan fingerprint density at radius 1 is 1.08 bits per heavy atom. The van der Waals surface area contributed by atoms with Crippen molar-refractivity contribution < 1.29 is 15.0 Å². The van der Waals surface area contributed by atoms with Crippen LogP contribution in [-0.2, 0) is 10.4 Å². The molecule has 2 fully saturated rings. The summed E-state index contributed by atoms with van der Waals surface area (Å²) < 4.78 is 0. The average molecular weight is 331 g/mol. The van der Waals surface area contributed by atoms with Crippen molar-refractivity contribution in [1.82, 2.24) is 5.32 Å². The first-order chi connectivity index (χ1) is 11.6. The van der Waals surface area contributed by atoms with Crippen LogP contribution in [-0.4, -0.2) is 29.3 Å². The zero-order valence-electron chi connectivity index (χ0n) is 14.5. The maximum Gasteiger partial charge on any atom is 0.340 e. The smallest absolute Gasteiger partial charge is 0.340 e. The molecule has 24 heavy (non-hydrogen) atoms. The number of hydrogen-bond acceptors (Lipinski definition) is 3. The summed E-state index contributed by atoms with van der Waals surface area (Å²) in [6.07, 6.45) is 7.90. The standard InChI is InChI=1S/C20H29NO3/c1-21-16-12-10-14(11-13-16)17-8-4-5-9-18(17)20(24,19(22)23)15-6-2-3-7-15/h4-5,8-9,14-16,21,24H,2-3,6-7,10-13H2,1H3,(H,22,23)/t14-,16-,20-/m1/s1. The fourth-order valence-electron chi connectivity index (χ4n) is 4.75. The van der Waals surface area contributed by atoms with Crippen LogP contribution in [0.3, 0.4) is 0 Å². The van der Waals surface area contributed by atoms with Crippen molar-refractivity contribution in [3.63, 3.8) is 0 Å². The van der Waals surface area contributed by atoms with Crippen molar-refractivity contribution in [3.8, 4) is 0 Å². The minimum Gasteiger partial charge on any atom is -0.479 e. The number of hydrogen-bond donors (Lipinski definition) is 3. The summed E-state index contributed by atoms with van der Waals surface area (Å²) in [7, 11) is 2.00. The molecule has 0 heterocycles. The van der Waals surface area contributed by atoms with Crippen LogP contribution in [0.15, 0.2) is 24.3 Å². The highest BCUT2D eigenvalue weighted by atomic mass is 16.4. The van der Waals surface area contributed by atoms with E-state index in [1.807, 2.05) is 31.3 Å². The van der Waals surface area contributed by atoms with Crippen LogP contribution >= 0.6 is 0 Å². The quantitative estimate of drug-likeness (QED) is 0.773. The summed E-state index contributed by atoms with van der Waals surface area (Å²) in [6.45, 7) is 0. The molecule has 2 saturated carbocycles. The molecule has 0 bridgehead atoms. The van der Waals surface area contributed by atoms with Crippen molar-refractivity contribution in [2.45, 2.75) is 68.9 Å². The molecule has 4 heteroatoms. The second kappa shape index (κ2) is 7.24. The van der Waals surface area contributed by atoms with E-state index >= 15 is 0 Å². The second-order valence-electron chi connectivity index (χ2n) is 7.48. The summed E-state index contributed by atoms with van der Waals surface area (Å²) in [5.41, 5.74) is -0.0615. The van der Waals surface area contributed by atoms with Gasteiger partial charge >= 0.3 is 5.97 Å². The normalized spacial score (nSPS) is 27.8. The zero-order chi connectivity index (χ0) is 17.2. The van der Waals surface area contributed by atoms with E-state index < -0.39 is 11.6 Å². The average Bonchev–Trinajstić information content (AvgIpc) is 3.16. The van der Waals surface area contributed by atoms with Crippen LogP contribution in [0, 0.1) is 5.92 Å². The van der Waals surface area contributed by atoms with Gasteiger partial charge in [-0.1, -0.05) is 37.1 Å². The van der Waals surface area contributed by atoms with Gasteiger partial charge < -0.3 is 15.5 Å². The molecule has 0 radical (unpaired) electrons. The van der Waals surface area contributed by atoms with Crippen LogP contribution in [0.1, 0.15) is 68.4 Å². The number of carboxylic acids is 1. The lowest BCUT2D eigenvalue weighted by Crippen LogP contribution is -2.43. The van der Waals surface area contributed by atoms with Gasteiger partial charge in [0.1, 0.15) is 0 Å². The molecule has 2 aliphatic rings. The van der Waals surface area contributed by atoms with Gasteiger partial charge in [-0.3, -0.25) is 0 Å². The number of carbonyl (C=O) groups is 1. The molecule has 3 N–H and O–H groups in total. The van der Waals surface area contributed by atoms with Crippen molar-refractivity contribution in [3.05, 3.63) is 35.4 Å². The van der Waals surface area contributed by atoms with Crippen molar-refractivity contribution in [2.75, 3.05) is 7.05 Å². The van der Waals surface area contributed by atoms with E-state index in [2.05, 4.69) is 5.32 Å². The van der Waals surface area contributed by atoms with Crippen LogP contribution in [0.5, 0.6) is 0 Å². The van der Waals surface area contributed by atoms with Gasteiger partial charge in [0.2, 0.25) is 0 Å². The first-order valence-corrected chi connectivity index (χ1v) is 9.29. The molecular formula is C20H29NO3. The maximum absolute atomic E-state index is 12.1. The Morgan fingerprint density at radius 3 is 2.29 bits per heavy atom. The molecule has 132 valence electrons. The lowest BCUT2D eigenvalue weighted by atomic mass is 9.73. The van der Waals surface area contributed by atoms with E-state index in [9.17, 15) is 15.0 Å². The SMILES string of the molecule is CN[C@H]1CC[C@H](c2ccccc2[C@@](O)(C(=O)O)C2CCCC2)CC1. The highest BCUT2D eigenvalue weighted by Gasteiger charge is 2.48. The molecule has 1 atom stereocenters. The fourth-order valence-corrected chi connectivity index (χ4v) is 4.75. The lowest BCUT2D eigenvalue weighted by Gasteiger charge is -2.35. The molecule has 0 saturated heterocycles. The Hall–Kier alpha value is -1.39. The van der Waals surface area contributed by atoms with Crippen LogP contribution in [0.2, 0.25) is 0 Å². The number of rotatable bonds is 5. The molecular weight excluding hydrogens is 302 g/mol. The van der Waals surface area contributed by atoms with E-state index in [4.69, 9.17) is 0 Å². The summed E-state index contributed by atoms with van der Waals surface area (Å²) in [5, 5.41) is 24.5. The third kappa shape index (κ3) is 3.09. The largest absolute Gasteiger partial charge is 0.479 e. The van der Waals surface area contributed by atoms with Gasteiger partial charge in [0.25, 0.3) is 0 Å². The Labute approximate surface area is 144 Å². The highest BCUT2D eigenvalue weighted by Crippen LogP contribution is 2.45. The number of benzene rings is 1. The van der Waals surface area contributed by atoms with E-state index in [1.165, 1.54) is 0 Å². The molecule has 2 aliphatic carbocycles. The summed E-state index contributed by atoms with van der Waals surface area (Å²) in [4.78, 5) is 12.1. The number of aliphatic hydroxyl groups is 1. The second-order valence-corrected chi connectivity index (χ2v) is 7.48. The molecule has 0 unspecified atom stereocenters. The molecule has 1 aromatic rings. The predicted octanol–water partition coefficient (Wildman–Crippen LogP) is 3.39. The van der Waals surface area contributed by atoms with E-state index in [1.54, 1.807) is 0 Å². The minimum absolute atomic E-state index is 0.176. The molecule has 0 spiro atoms. The van der Waals surface area contributed by atoms with Gasteiger partial charge in [-0.2, -0.15) is 0 Å². The molecule has 0 amide bonds. The summed E-state index contributed by atoms with van der Waals surface area (Å²) in [5.74, 6) is -0.923. The lowest BCUT2D eigenvalue weighted by molar-refractivity contribution is -0.166. The van der Waals surface area contributed by atoms with E-state index in [0.717, 1.165) is 56.9 Å². The van der Waals surface area contributed by atoms with Crippen LogP contribution in [0.25, 0.3) is 0 Å². The highest BCUT2D eigenvalue weighted by molar-refractivity contribution is 5.80. The minimum atomic E-state index is -1.74. The topological polar surface area (TPSA) is 69.6 Å². The fraction of sp³-hybridized carbons (Fsp3) is 0.650. The first kappa shape index (κ1) is 17.4. The third-order valence-electron chi connectivity index (χ3n) is 6.22. The van der Waals surface area contributed by atoms with E-state index in [0.29, 0.717) is 17.5 Å². The van der Waals surface area contributed by atoms with E-state index in [-0.39, 0.29) is 5.92 Å². The Morgan fingerprint density at radius 2 is 1.71 bits per heavy atom. The summed E-state index contributed by atoms with van der Waals surface area (Å²) >= 11 is 0. The Kier molecular flexibility index (Phi) is 5.26. The predicted molar refractivity (Wildman–Crippen MR) is 94.0 cm³/mol. The van der Waals surface area contributed by atoms with Gasteiger partial charge in [0.05, 0.1) is 0 Å². The van der Waals surface area contributed by atoms with Crippen molar-refractivity contribution >= 4 is 5.97 Å². The maximum atomic E-state index is 12.1. The molecule has 1 aromatic carbocycles. The van der Waals surface area contributed by atoms with Gasteiger partial charge in [-0.15, -0.1) is 0 Å². The first-order valence-electron chi connectivity index (χ1n) is 9.29. The molecule has 4 nitrogen and oxygen atoms in total. The monoisotopic (exact) mass is 331 g/mol. The molecule has 0 aliphatic heterocycles. The van der Waals surface area contributed by atoms with Crippen molar-refractivity contribution in [1.29, 1.82) is 0 Å². The van der Waals surface area contributed by atoms with Gasteiger partial charge in [-0.05, 0) is 62.6 Å². The zero-order valence-corrected chi connectivity index (χ0v) is 14.5. The summed E-state index contributed by atoms with van der Waals surface area (Å²) in [6, 6.07) is 8.26. The number of nitrogens with one attached hydrogen (secondary N) is 1. The van der Waals surface area contributed by atoms with Crippen LogP contribution in [0.4, 0.5) is 0 Å². The van der Waals surface area contributed by atoms with Crippen molar-refractivity contribution in [2.24, 2.45) is 5.92 Å². The van der Waals surface area contributed by atoms with Gasteiger partial charge in [0, 0.05) is 12.0 Å². The third-order valence-corrected chi connectivity index (χ3v) is 6.22. The van der Waals surface area contributed by atoms with Crippen LogP contribution < -0.4 is 5.32 Å². The molecule has 0 aromatic heterocycles. The Bertz CT molecular complexity index is 574. The van der Waals surface area contributed by atoms with Gasteiger partial charge in [-0.25, -0.2) is 4.79 Å². The molecule has 3 rings (SSSR count). The number of aliphatic carboxylic acids is 1. The Balaban J connectivity index is 1.94.